The van der Waals surface area contributed by atoms with Crippen LogP contribution < -0.4 is 20.3 Å². The highest BCUT2D eigenvalue weighted by atomic mass is 35.5. The largest absolute Gasteiger partial charge is 0.368 e. The smallest absolute Gasteiger partial charge is 0.261 e. The number of anilines is 2. The van der Waals surface area contributed by atoms with Crippen molar-refractivity contribution in [3.8, 4) is 0 Å². The minimum atomic E-state index is -3.80. The molecule has 2 aromatic rings. The van der Waals surface area contributed by atoms with Crippen molar-refractivity contribution >= 4 is 38.9 Å². The highest BCUT2D eigenvalue weighted by Crippen LogP contribution is 2.27. The molecule has 1 heterocycles. The van der Waals surface area contributed by atoms with Crippen LogP contribution in [0.4, 0.5) is 11.4 Å². The SMILES string of the molecule is CC(C)CNC(=O)c1cc(NS(=O)(=O)c2ccc(Cl)cc2)ccc1N1CCNCC1. The molecule has 0 saturated carbocycles. The first-order chi connectivity index (χ1) is 14.3. The molecule has 3 rings (SSSR count). The van der Waals surface area contributed by atoms with Crippen molar-refractivity contribution < 1.29 is 13.2 Å². The van der Waals surface area contributed by atoms with Crippen LogP contribution >= 0.6 is 11.6 Å². The number of hydrogen-bond donors (Lipinski definition) is 3. The Kier molecular flexibility index (Phi) is 7.23. The van der Waals surface area contributed by atoms with Gasteiger partial charge in [0.15, 0.2) is 0 Å². The van der Waals surface area contributed by atoms with Crippen molar-refractivity contribution in [2.45, 2.75) is 18.7 Å². The van der Waals surface area contributed by atoms with Gasteiger partial charge >= 0.3 is 0 Å². The molecule has 0 radical (unpaired) electrons. The van der Waals surface area contributed by atoms with E-state index in [1.807, 2.05) is 13.8 Å². The summed E-state index contributed by atoms with van der Waals surface area (Å²) in [7, 11) is -3.80. The lowest BCUT2D eigenvalue weighted by atomic mass is 10.1. The summed E-state index contributed by atoms with van der Waals surface area (Å²) >= 11 is 5.85. The van der Waals surface area contributed by atoms with Gasteiger partial charge in [-0.3, -0.25) is 9.52 Å². The molecular formula is C21H27ClN4O3S. The van der Waals surface area contributed by atoms with E-state index >= 15 is 0 Å². The molecule has 1 aliphatic heterocycles. The summed E-state index contributed by atoms with van der Waals surface area (Å²) in [4.78, 5) is 15.1. The monoisotopic (exact) mass is 450 g/mol. The summed E-state index contributed by atoms with van der Waals surface area (Å²) in [6, 6.07) is 11.0. The molecule has 7 nitrogen and oxygen atoms in total. The second kappa shape index (κ2) is 9.68. The second-order valence-corrected chi connectivity index (χ2v) is 9.75. The molecule has 0 atom stereocenters. The molecule has 3 N–H and O–H groups in total. The maximum Gasteiger partial charge on any atom is 0.261 e. The van der Waals surface area contributed by atoms with E-state index in [2.05, 4.69) is 20.3 Å². The summed E-state index contributed by atoms with van der Waals surface area (Å²) in [5, 5.41) is 6.68. The molecule has 0 unspecified atom stereocenters. The van der Waals surface area contributed by atoms with E-state index in [0.29, 0.717) is 28.7 Å². The molecule has 2 aromatic carbocycles. The lowest BCUT2D eigenvalue weighted by molar-refractivity contribution is 0.0949. The van der Waals surface area contributed by atoms with Crippen LogP contribution in [0.3, 0.4) is 0 Å². The fraction of sp³-hybridized carbons (Fsp3) is 0.381. The number of rotatable bonds is 7. The Morgan fingerprint density at radius 1 is 1.13 bits per heavy atom. The maximum atomic E-state index is 12.9. The fourth-order valence-electron chi connectivity index (χ4n) is 3.18. The Morgan fingerprint density at radius 2 is 1.80 bits per heavy atom. The number of carbonyl (C=O) groups is 1. The lowest BCUT2D eigenvalue weighted by Crippen LogP contribution is -2.44. The van der Waals surface area contributed by atoms with E-state index in [1.54, 1.807) is 18.2 Å². The van der Waals surface area contributed by atoms with E-state index in [-0.39, 0.29) is 10.8 Å². The van der Waals surface area contributed by atoms with Gasteiger partial charge in [-0.2, -0.15) is 0 Å². The van der Waals surface area contributed by atoms with Crippen LogP contribution in [-0.4, -0.2) is 47.0 Å². The molecule has 1 fully saturated rings. The van der Waals surface area contributed by atoms with Gasteiger partial charge in [0.25, 0.3) is 15.9 Å². The van der Waals surface area contributed by atoms with E-state index in [1.165, 1.54) is 24.3 Å². The van der Waals surface area contributed by atoms with Crippen LogP contribution in [0.5, 0.6) is 0 Å². The van der Waals surface area contributed by atoms with E-state index in [9.17, 15) is 13.2 Å². The predicted molar refractivity (Wildman–Crippen MR) is 121 cm³/mol. The van der Waals surface area contributed by atoms with Gasteiger partial charge in [-0.25, -0.2) is 8.42 Å². The topological polar surface area (TPSA) is 90.5 Å². The van der Waals surface area contributed by atoms with Gasteiger partial charge in [-0.05, 0) is 48.4 Å². The van der Waals surface area contributed by atoms with Crippen molar-refractivity contribution in [2.24, 2.45) is 5.92 Å². The van der Waals surface area contributed by atoms with E-state index in [0.717, 1.165) is 31.9 Å². The third-order valence-corrected chi connectivity index (χ3v) is 6.40. The molecule has 0 bridgehead atoms. The third-order valence-electron chi connectivity index (χ3n) is 4.75. The molecule has 9 heteroatoms. The Hall–Kier alpha value is -2.29. The maximum absolute atomic E-state index is 12.9. The number of carbonyl (C=O) groups excluding carboxylic acids is 1. The standard InChI is InChI=1S/C21H27ClN4O3S/c1-15(2)14-24-21(27)19-13-17(5-8-20(19)26-11-9-23-10-12-26)25-30(28,29)18-6-3-16(22)4-7-18/h3-8,13,15,23,25H,9-12,14H2,1-2H3,(H,24,27). The summed E-state index contributed by atoms with van der Waals surface area (Å²) in [6.07, 6.45) is 0. The number of benzene rings is 2. The minimum absolute atomic E-state index is 0.101. The van der Waals surface area contributed by atoms with Crippen molar-refractivity contribution in [1.82, 2.24) is 10.6 Å². The second-order valence-electron chi connectivity index (χ2n) is 7.63. The Balaban J connectivity index is 1.90. The number of nitrogens with zero attached hydrogens (tertiary/aromatic N) is 1. The quantitative estimate of drug-likeness (QED) is 0.603. The Labute approximate surface area is 182 Å². The van der Waals surface area contributed by atoms with Gasteiger partial charge in [-0.15, -0.1) is 0 Å². The molecular weight excluding hydrogens is 424 g/mol. The molecule has 0 spiro atoms. The summed E-state index contributed by atoms with van der Waals surface area (Å²) in [5.41, 5.74) is 1.58. The molecule has 0 aliphatic carbocycles. The fourth-order valence-corrected chi connectivity index (χ4v) is 4.36. The zero-order valence-electron chi connectivity index (χ0n) is 17.1. The van der Waals surface area contributed by atoms with Crippen LogP contribution in [0.2, 0.25) is 5.02 Å². The predicted octanol–water partition coefficient (Wildman–Crippen LogP) is 2.94. The molecule has 1 amide bonds. The van der Waals surface area contributed by atoms with Gasteiger partial charge in [0.1, 0.15) is 0 Å². The first-order valence-corrected chi connectivity index (χ1v) is 11.8. The normalized spacial score (nSPS) is 14.6. The van der Waals surface area contributed by atoms with Crippen LogP contribution in [0, 0.1) is 5.92 Å². The number of sulfonamides is 1. The molecule has 1 aliphatic rings. The zero-order chi connectivity index (χ0) is 21.7. The Morgan fingerprint density at radius 3 is 2.43 bits per heavy atom. The minimum Gasteiger partial charge on any atom is -0.368 e. The number of amides is 1. The molecule has 162 valence electrons. The summed E-state index contributed by atoms with van der Waals surface area (Å²) in [6.45, 7) is 7.81. The number of nitrogens with one attached hydrogen (secondary N) is 3. The van der Waals surface area contributed by atoms with Crippen molar-refractivity contribution in [3.63, 3.8) is 0 Å². The summed E-state index contributed by atoms with van der Waals surface area (Å²) < 4.78 is 28.0. The molecule has 1 saturated heterocycles. The highest BCUT2D eigenvalue weighted by Gasteiger charge is 2.21. The van der Waals surface area contributed by atoms with Crippen LogP contribution in [0.1, 0.15) is 24.2 Å². The van der Waals surface area contributed by atoms with Crippen LogP contribution in [0.15, 0.2) is 47.4 Å². The van der Waals surface area contributed by atoms with Gasteiger partial charge < -0.3 is 15.5 Å². The van der Waals surface area contributed by atoms with Crippen molar-refractivity contribution in [3.05, 3.63) is 53.1 Å². The van der Waals surface area contributed by atoms with Gasteiger partial charge in [-0.1, -0.05) is 25.4 Å². The van der Waals surface area contributed by atoms with E-state index in [4.69, 9.17) is 11.6 Å². The third kappa shape index (κ3) is 5.65. The van der Waals surface area contributed by atoms with Crippen molar-refractivity contribution in [2.75, 3.05) is 42.3 Å². The lowest BCUT2D eigenvalue weighted by Gasteiger charge is -2.31. The van der Waals surface area contributed by atoms with Gasteiger partial charge in [0.2, 0.25) is 0 Å². The highest BCUT2D eigenvalue weighted by molar-refractivity contribution is 7.92. The zero-order valence-corrected chi connectivity index (χ0v) is 18.7. The average molecular weight is 451 g/mol. The van der Waals surface area contributed by atoms with Gasteiger partial charge in [0, 0.05) is 49.1 Å². The number of hydrogen-bond acceptors (Lipinski definition) is 5. The molecule has 30 heavy (non-hydrogen) atoms. The first kappa shape index (κ1) is 22.4. The molecule has 0 aromatic heterocycles. The average Bonchev–Trinajstić information content (AvgIpc) is 2.72. The Bertz CT molecular complexity index is 988. The number of halogens is 1. The first-order valence-electron chi connectivity index (χ1n) is 9.92. The van der Waals surface area contributed by atoms with Gasteiger partial charge in [0.05, 0.1) is 10.5 Å². The van der Waals surface area contributed by atoms with Crippen LogP contribution in [0.25, 0.3) is 0 Å². The van der Waals surface area contributed by atoms with Crippen LogP contribution in [-0.2, 0) is 10.0 Å². The van der Waals surface area contributed by atoms with E-state index < -0.39 is 10.0 Å². The van der Waals surface area contributed by atoms with Crippen molar-refractivity contribution in [1.29, 1.82) is 0 Å². The number of piperazine rings is 1. The summed E-state index contributed by atoms with van der Waals surface area (Å²) in [5.74, 6) is 0.0907.